The predicted molar refractivity (Wildman–Crippen MR) is 259 cm³/mol. The molecule has 348 valence electrons. The Bertz CT molecular complexity index is 1080. The van der Waals surface area contributed by atoms with Crippen LogP contribution in [0.1, 0.15) is 245 Å². The first-order chi connectivity index (χ1) is 29.5. The molecular weight excluding hydrogens is 743 g/mol. The Morgan fingerprint density at radius 2 is 0.867 bits per heavy atom. The second kappa shape index (κ2) is 47.6. The van der Waals surface area contributed by atoms with Crippen LogP contribution in [0, 0.1) is 0 Å². The zero-order chi connectivity index (χ0) is 43.8. The van der Waals surface area contributed by atoms with Crippen molar-refractivity contribution in [1.82, 2.24) is 5.32 Å². The zero-order valence-corrected chi connectivity index (χ0v) is 39.6. The van der Waals surface area contributed by atoms with Crippen LogP contribution in [0.2, 0.25) is 0 Å². The first kappa shape index (κ1) is 57.6. The molecule has 0 aromatic heterocycles. The summed E-state index contributed by atoms with van der Waals surface area (Å²) in [5, 5.41) is 23.7. The molecule has 60 heavy (non-hydrogen) atoms. The minimum Gasteiger partial charge on any atom is -0.462 e. The van der Waals surface area contributed by atoms with Gasteiger partial charge in [-0.25, -0.2) is 0 Å². The summed E-state index contributed by atoms with van der Waals surface area (Å²) in [7, 11) is 0. The van der Waals surface area contributed by atoms with Gasteiger partial charge in [-0.05, 0) is 57.8 Å². The molecule has 0 saturated carbocycles. The van der Waals surface area contributed by atoms with Gasteiger partial charge in [-0.2, -0.15) is 0 Å². The molecule has 3 atom stereocenters. The van der Waals surface area contributed by atoms with Gasteiger partial charge in [-0.15, -0.1) is 0 Å². The van der Waals surface area contributed by atoms with Gasteiger partial charge in [0.05, 0.1) is 25.2 Å². The largest absolute Gasteiger partial charge is 0.462 e. The Morgan fingerprint density at radius 3 is 1.27 bits per heavy atom. The van der Waals surface area contributed by atoms with Gasteiger partial charge in [0.1, 0.15) is 6.10 Å². The maximum Gasteiger partial charge on any atom is 0.306 e. The van der Waals surface area contributed by atoms with Crippen molar-refractivity contribution in [3.05, 3.63) is 60.8 Å². The van der Waals surface area contributed by atoms with Crippen molar-refractivity contribution in [1.29, 1.82) is 0 Å². The summed E-state index contributed by atoms with van der Waals surface area (Å²) in [6.07, 6.45) is 58.7. The topological polar surface area (TPSA) is 95.9 Å². The normalized spacial score (nSPS) is 13.8. The second-order valence-electron chi connectivity index (χ2n) is 17.2. The number of esters is 1. The molecule has 0 aliphatic carbocycles. The summed E-state index contributed by atoms with van der Waals surface area (Å²) in [5.41, 5.74) is 0. The Hall–Kier alpha value is -2.44. The molecule has 0 aliphatic heterocycles. The molecule has 0 aliphatic rings. The third-order valence-electron chi connectivity index (χ3n) is 11.4. The SMILES string of the molecule is CC/C=C/C/C=C/C/C=C/C/C=C/C/C=C/CCC(=O)OC(CCCCCCCCCCCCCCCCCC)CC(=O)NC(CO)C(O)CCCCCCCCCCC. The first-order valence-electron chi connectivity index (χ1n) is 25.5. The third-order valence-corrected chi connectivity index (χ3v) is 11.4. The molecule has 0 aromatic carbocycles. The number of nitrogens with one attached hydrogen (secondary N) is 1. The Labute approximate surface area is 371 Å². The number of rotatable bonds is 45. The maximum absolute atomic E-state index is 13.2. The quantitative estimate of drug-likeness (QED) is 0.0322. The summed E-state index contributed by atoms with van der Waals surface area (Å²) in [5.74, 6) is -0.568. The molecular formula is C54H97NO5. The van der Waals surface area contributed by atoms with Gasteiger partial charge in [-0.1, -0.05) is 236 Å². The van der Waals surface area contributed by atoms with Gasteiger partial charge in [-0.3, -0.25) is 9.59 Å². The van der Waals surface area contributed by atoms with Crippen molar-refractivity contribution in [3.8, 4) is 0 Å². The number of amides is 1. The highest BCUT2D eigenvalue weighted by Crippen LogP contribution is 2.18. The van der Waals surface area contributed by atoms with E-state index in [9.17, 15) is 19.8 Å². The van der Waals surface area contributed by atoms with Crippen molar-refractivity contribution in [2.24, 2.45) is 0 Å². The highest BCUT2D eigenvalue weighted by Gasteiger charge is 2.24. The van der Waals surface area contributed by atoms with E-state index in [1.807, 2.05) is 6.08 Å². The van der Waals surface area contributed by atoms with Crippen molar-refractivity contribution < 1.29 is 24.5 Å². The molecule has 0 spiro atoms. The van der Waals surface area contributed by atoms with E-state index < -0.39 is 18.2 Å². The minimum absolute atomic E-state index is 0.0490. The molecule has 0 heterocycles. The Morgan fingerprint density at radius 1 is 0.500 bits per heavy atom. The van der Waals surface area contributed by atoms with Gasteiger partial charge < -0.3 is 20.3 Å². The van der Waals surface area contributed by atoms with E-state index in [0.29, 0.717) is 19.3 Å². The number of ether oxygens (including phenoxy) is 1. The van der Waals surface area contributed by atoms with E-state index in [4.69, 9.17) is 4.74 Å². The average molecular weight is 840 g/mol. The van der Waals surface area contributed by atoms with Gasteiger partial charge >= 0.3 is 5.97 Å². The molecule has 0 fully saturated rings. The summed E-state index contributed by atoms with van der Waals surface area (Å²) < 4.78 is 5.89. The van der Waals surface area contributed by atoms with Crippen LogP contribution in [-0.2, 0) is 14.3 Å². The van der Waals surface area contributed by atoms with Crippen molar-refractivity contribution >= 4 is 11.9 Å². The number of carbonyl (C=O) groups is 2. The lowest BCUT2D eigenvalue weighted by Gasteiger charge is -2.24. The Kier molecular flexibility index (Phi) is 45.7. The molecule has 3 unspecified atom stereocenters. The number of hydrogen-bond donors (Lipinski definition) is 3. The van der Waals surface area contributed by atoms with Crippen molar-refractivity contribution in [2.45, 2.75) is 264 Å². The number of carbonyl (C=O) groups excluding carboxylic acids is 2. The highest BCUT2D eigenvalue weighted by molar-refractivity contribution is 5.77. The third kappa shape index (κ3) is 42.3. The van der Waals surface area contributed by atoms with Crippen LogP contribution in [0.25, 0.3) is 0 Å². The fraction of sp³-hybridized carbons (Fsp3) is 0.778. The number of aliphatic hydroxyl groups is 2. The van der Waals surface area contributed by atoms with E-state index in [0.717, 1.165) is 70.6 Å². The molecule has 3 N–H and O–H groups in total. The standard InChI is InChI=1S/C54H97NO5/c1-4-7-10-13-16-19-21-23-25-27-29-31-34-36-39-42-45-50(48-53(58)55-51(49-56)52(57)46-43-40-37-33-18-15-12-9-6-3)60-54(59)47-44-41-38-35-32-30-28-26-24-22-20-17-14-11-8-5-2/h8,11,17,20,24,26,30,32,38,41,50-52,56-57H,4-7,9-10,12-16,18-19,21-23,25,27-29,31,33-37,39-40,42-49H2,1-3H3,(H,55,58)/b11-8+,20-17+,26-24+,32-30+,41-38+. The molecule has 6 heteroatoms. The van der Waals surface area contributed by atoms with Crippen molar-refractivity contribution in [3.63, 3.8) is 0 Å². The van der Waals surface area contributed by atoms with Gasteiger partial charge in [0.15, 0.2) is 0 Å². The van der Waals surface area contributed by atoms with Crippen LogP contribution in [0.5, 0.6) is 0 Å². The fourth-order valence-electron chi connectivity index (χ4n) is 7.54. The maximum atomic E-state index is 13.2. The highest BCUT2D eigenvalue weighted by atomic mass is 16.5. The number of hydrogen-bond acceptors (Lipinski definition) is 5. The predicted octanol–water partition coefficient (Wildman–Crippen LogP) is 15.2. The molecule has 0 saturated heterocycles. The molecule has 0 rings (SSSR count). The Balaban J connectivity index is 4.67. The van der Waals surface area contributed by atoms with E-state index in [1.165, 1.54) is 122 Å². The molecule has 6 nitrogen and oxygen atoms in total. The van der Waals surface area contributed by atoms with E-state index in [1.54, 1.807) is 0 Å². The average Bonchev–Trinajstić information content (AvgIpc) is 3.24. The number of allylic oxidation sites excluding steroid dienone is 10. The number of aliphatic hydroxyl groups excluding tert-OH is 2. The van der Waals surface area contributed by atoms with Crippen LogP contribution in [0.4, 0.5) is 0 Å². The monoisotopic (exact) mass is 840 g/mol. The lowest BCUT2D eigenvalue weighted by atomic mass is 10.0. The fourth-order valence-corrected chi connectivity index (χ4v) is 7.54. The smallest absolute Gasteiger partial charge is 0.306 e. The van der Waals surface area contributed by atoms with E-state index >= 15 is 0 Å². The molecule has 0 bridgehead atoms. The number of unbranched alkanes of at least 4 members (excludes halogenated alkanes) is 23. The summed E-state index contributed by atoms with van der Waals surface area (Å²) in [4.78, 5) is 26.1. The first-order valence-corrected chi connectivity index (χ1v) is 25.5. The van der Waals surface area contributed by atoms with Gasteiger partial charge in [0.2, 0.25) is 5.91 Å². The van der Waals surface area contributed by atoms with Crippen molar-refractivity contribution in [2.75, 3.05) is 6.61 Å². The second-order valence-corrected chi connectivity index (χ2v) is 17.2. The summed E-state index contributed by atoms with van der Waals surface area (Å²) in [6.45, 7) is 6.34. The summed E-state index contributed by atoms with van der Waals surface area (Å²) in [6, 6.07) is -0.714. The van der Waals surface area contributed by atoms with Crippen LogP contribution in [-0.4, -0.2) is 46.9 Å². The lowest BCUT2D eigenvalue weighted by molar-refractivity contribution is -0.150. The van der Waals surface area contributed by atoms with E-state index in [-0.39, 0.29) is 31.3 Å². The molecule has 0 aromatic rings. The molecule has 0 radical (unpaired) electrons. The minimum atomic E-state index is -0.798. The molecule has 1 amide bonds. The van der Waals surface area contributed by atoms with Crippen LogP contribution in [0.15, 0.2) is 60.8 Å². The summed E-state index contributed by atoms with van der Waals surface area (Å²) >= 11 is 0. The van der Waals surface area contributed by atoms with E-state index in [2.05, 4.69) is 80.8 Å². The van der Waals surface area contributed by atoms with Gasteiger partial charge in [0, 0.05) is 6.42 Å². The zero-order valence-electron chi connectivity index (χ0n) is 39.6. The van der Waals surface area contributed by atoms with Gasteiger partial charge in [0.25, 0.3) is 0 Å². The lowest BCUT2D eigenvalue weighted by Crippen LogP contribution is -2.46. The van der Waals surface area contributed by atoms with Crippen LogP contribution < -0.4 is 5.32 Å². The van der Waals surface area contributed by atoms with Crippen LogP contribution >= 0.6 is 0 Å². The van der Waals surface area contributed by atoms with Crippen LogP contribution in [0.3, 0.4) is 0 Å².